The van der Waals surface area contributed by atoms with Crippen LogP contribution < -0.4 is 15.0 Å². The predicted octanol–water partition coefficient (Wildman–Crippen LogP) is 5.15. The lowest BCUT2D eigenvalue weighted by Gasteiger charge is -2.26. The van der Waals surface area contributed by atoms with Crippen molar-refractivity contribution in [3.05, 3.63) is 104 Å². The van der Waals surface area contributed by atoms with Gasteiger partial charge in [-0.25, -0.2) is 9.69 Å². The zero-order valence-corrected chi connectivity index (χ0v) is 19.2. The van der Waals surface area contributed by atoms with Crippen molar-refractivity contribution >= 4 is 58.5 Å². The van der Waals surface area contributed by atoms with Crippen molar-refractivity contribution in [3.63, 3.8) is 0 Å². The van der Waals surface area contributed by atoms with Crippen LogP contribution in [0.1, 0.15) is 11.1 Å². The Labute approximate surface area is 208 Å². The molecule has 0 unspecified atom stereocenters. The largest absolute Gasteiger partial charge is 0.487 e. The van der Waals surface area contributed by atoms with Crippen molar-refractivity contribution in [3.8, 4) is 5.75 Å². The van der Waals surface area contributed by atoms with Gasteiger partial charge in [0.05, 0.1) is 15.6 Å². The Hall–Kier alpha value is -4.21. The van der Waals surface area contributed by atoms with Crippen molar-refractivity contribution < 1.29 is 24.0 Å². The Balaban J connectivity index is 1.56. The monoisotopic (exact) mass is 511 g/mol. The first-order valence-corrected chi connectivity index (χ1v) is 10.8. The number of imide groups is 2. The highest BCUT2D eigenvalue weighted by Crippen LogP contribution is 2.29. The van der Waals surface area contributed by atoms with Crippen LogP contribution in [0.2, 0.25) is 10.0 Å². The van der Waals surface area contributed by atoms with Crippen LogP contribution in [0.4, 0.5) is 16.2 Å². The number of rotatable bonds is 6. The van der Waals surface area contributed by atoms with Gasteiger partial charge in [0.1, 0.15) is 17.9 Å². The van der Waals surface area contributed by atoms with Crippen molar-refractivity contribution in [1.82, 2.24) is 5.32 Å². The number of hydrogen-bond acceptors (Lipinski definition) is 6. The molecule has 0 bridgehead atoms. The molecule has 0 saturated carbocycles. The molecule has 176 valence electrons. The summed E-state index contributed by atoms with van der Waals surface area (Å²) in [5.41, 5.74) is 0.729. The number of anilines is 1. The van der Waals surface area contributed by atoms with E-state index in [4.69, 9.17) is 27.9 Å². The van der Waals surface area contributed by atoms with E-state index in [1.807, 2.05) is 12.1 Å². The average molecular weight is 512 g/mol. The Morgan fingerprint density at radius 3 is 2.34 bits per heavy atom. The molecular weight excluding hydrogens is 497 g/mol. The van der Waals surface area contributed by atoms with Crippen LogP contribution in [0.3, 0.4) is 0 Å². The third-order valence-electron chi connectivity index (χ3n) is 5.03. The normalized spacial score (nSPS) is 14.7. The van der Waals surface area contributed by atoms with Crippen LogP contribution >= 0.6 is 23.2 Å². The third kappa shape index (κ3) is 5.16. The van der Waals surface area contributed by atoms with Crippen molar-refractivity contribution in [2.45, 2.75) is 6.61 Å². The van der Waals surface area contributed by atoms with E-state index in [1.54, 1.807) is 24.3 Å². The lowest BCUT2D eigenvalue weighted by molar-refractivity contribution is -0.384. The number of amides is 4. The molecule has 35 heavy (non-hydrogen) atoms. The molecule has 1 saturated heterocycles. The molecule has 0 radical (unpaired) electrons. The second-order valence-corrected chi connectivity index (χ2v) is 8.12. The van der Waals surface area contributed by atoms with Crippen LogP contribution in [-0.4, -0.2) is 22.8 Å². The summed E-state index contributed by atoms with van der Waals surface area (Å²) >= 11 is 12.5. The summed E-state index contributed by atoms with van der Waals surface area (Å²) in [6, 6.07) is 15.7. The SMILES string of the molecule is O=C1NC(=O)N(c2ccc([N+](=O)[O-])cc2)C(=O)/C1=C/c1ccc(OCc2ccccc2Cl)c(Cl)c1. The molecule has 0 aliphatic carbocycles. The zero-order valence-electron chi connectivity index (χ0n) is 17.7. The summed E-state index contributed by atoms with van der Waals surface area (Å²) < 4.78 is 5.72. The van der Waals surface area contributed by atoms with E-state index >= 15 is 0 Å². The van der Waals surface area contributed by atoms with E-state index in [9.17, 15) is 24.5 Å². The van der Waals surface area contributed by atoms with Gasteiger partial charge >= 0.3 is 6.03 Å². The lowest BCUT2D eigenvalue weighted by atomic mass is 10.1. The fourth-order valence-electron chi connectivity index (χ4n) is 3.28. The number of hydrogen-bond donors (Lipinski definition) is 1. The molecule has 1 aliphatic rings. The van der Waals surface area contributed by atoms with Gasteiger partial charge in [0, 0.05) is 22.7 Å². The minimum atomic E-state index is -0.965. The van der Waals surface area contributed by atoms with Gasteiger partial charge in [-0.1, -0.05) is 47.5 Å². The number of non-ortho nitro benzene ring substituents is 1. The van der Waals surface area contributed by atoms with E-state index in [0.717, 1.165) is 22.6 Å². The van der Waals surface area contributed by atoms with Crippen LogP contribution in [0.25, 0.3) is 6.08 Å². The maximum absolute atomic E-state index is 13.0. The van der Waals surface area contributed by atoms with Gasteiger partial charge in [-0.15, -0.1) is 0 Å². The highest BCUT2D eigenvalue weighted by molar-refractivity contribution is 6.39. The summed E-state index contributed by atoms with van der Waals surface area (Å²) in [4.78, 5) is 48.6. The highest BCUT2D eigenvalue weighted by Gasteiger charge is 2.37. The molecule has 0 spiro atoms. The molecule has 1 heterocycles. The van der Waals surface area contributed by atoms with E-state index in [0.29, 0.717) is 16.3 Å². The van der Waals surface area contributed by atoms with Gasteiger partial charge in [0.25, 0.3) is 17.5 Å². The van der Waals surface area contributed by atoms with Gasteiger partial charge in [-0.2, -0.15) is 0 Å². The summed E-state index contributed by atoms with van der Waals surface area (Å²) in [6.45, 7) is 0.188. The average Bonchev–Trinajstić information content (AvgIpc) is 2.82. The number of nitrogens with one attached hydrogen (secondary N) is 1. The molecular formula is C24H15Cl2N3O6. The zero-order chi connectivity index (χ0) is 25.1. The second-order valence-electron chi connectivity index (χ2n) is 7.30. The molecule has 4 amide bonds. The standard InChI is InChI=1S/C24H15Cl2N3O6/c25-19-4-2-1-3-15(19)13-35-21-10-5-14(12-20(21)26)11-18-22(30)27-24(32)28(23(18)31)16-6-8-17(9-7-16)29(33)34/h1-12H,13H2,(H,27,30,32)/b18-11+. The van der Waals surface area contributed by atoms with E-state index in [-0.39, 0.29) is 28.6 Å². The summed E-state index contributed by atoms with van der Waals surface area (Å²) in [5, 5.41) is 13.7. The van der Waals surface area contributed by atoms with E-state index < -0.39 is 22.8 Å². The molecule has 11 heteroatoms. The first-order valence-electron chi connectivity index (χ1n) is 10.1. The van der Waals surface area contributed by atoms with Gasteiger partial charge in [0.15, 0.2) is 0 Å². The first kappa shape index (κ1) is 23.9. The second kappa shape index (κ2) is 9.96. The summed E-state index contributed by atoms with van der Waals surface area (Å²) in [5.74, 6) is -1.40. The van der Waals surface area contributed by atoms with Crippen molar-refractivity contribution in [1.29, 1.82) is 0 Å². The maximum atomic E-state index is 13.0. The van der Waals surface area contributed by atoms with Gasteiger partial charge < -0.3 is 4.74 Å². The number of ether oxygens (including phenoxy) is 1. The number of nitrogens with zero attached hydrogens (tertiary/aromatic N) is 2. The number of halogens is 2. The molecule has 1 fully saturated rings. The Bertz CT molecular complexity index is 1390. The van der Waals surface area contributed by atoms with Crippen LogP contribution in [-0.2, 0) is 16.2 Å². The highest BCUT2D eigenvalue weighted by atomic mass is 35.5. The third-order valence-corrected chi connectivity index (χ3v) is 5.69. The molecule has 1 N–H and O–H groups in total. The number of carbonyl (C=O) groups is 3. The molecule has 3 aromatic carbocycles. The van der Waals surface area contributed by atoms with Crippen LogP contribution in [0.15, 0.2) is 72.3 Å². The number of benzene rings is 3. The van der Waals surface area contributed by atoms with Gasteiger partial charge in [-0.3, -0.25) is 25.0 Å². The number of urea groups is 1. The minimum absolute atomic E-state index is 0.0675. The molecule has 1 aliphatic heterocycles. The number of nitro groups is 1. The fraction of sp³-hybridized carbons (Fsp3) is 0.0417. The predicted molar refractivity (Wildman–Crippen MR) is 129 cm³/mol. The smallest absolute Gasteiger partial charge is 0.335 e. The molecule has 3 aromatic rings. The molecule has 0 atom stereocenters. The Morgan fingerprint density at radius 2 is 1.69 bits per heavy atom. The Morgan fingerprint density at radius 1 is 0.971 bits per heavy atom. The van der Waals surface area contributed by atoms with E-state index in [1.165, 1.54) is 24.3 Å². The number of carbonyl (C=O) groups excluding carboxylic acids is 3. The lowest BCUT2D eigenvalue weighted by Crippen LogP contribution is -2.54. The number of nitro benzene ring substituents is 1. The molecule has 9 nitrogen and oxygen atoms in total. The molecule has 0 aromatic heterocycles. The van der Waals surface area contributed by atoms with Crippen molar-refractivity contribution in [2.75, 3.05) is 4.90 Å². The summed E-state index contributed by atoms with van der Waals surface area (Å²) in [6.07, 6.45) is 1.28. The van der Waals surface area contributed by atoms with Crippen LogP contribution in [0.5, 0.6) is 5.75 Å². The maximum Gasteiger partial charge on any atom is 0.335 e. The number of barbiturate groups is 1. The van der Waals surface area contributed by atoms with Crippen LogP contribution in [0, 0.1) is 10.1 Å². The quantitative estimate of drug-likeness (QED) is 0.211. The van der Waals surface area contributed by atoms with E-state index in [2.05, 4.69) is 5.32 Å². The van der Waals surface area contributed by atoms with Gasteiger partial charge in [0.2, 0.25) is 0 Å². The summed E-state index contributed by atoms with van der Waals surface area (Å²) in [7, 11) is 0. The minimum Gasteiger partial charge on any atom is -0.487 e. The van der Waals surface area contributed by atoms with Gasteiger partial charge in [-0.05, 0) is 42.0 Å². The molecule has 4 rings (SSSR count). The van der Waals surface area contributed by atoms with Crippen molar-refractivity contribution in [2.24, 2.45) is 0 Å². The fourth-order valence-corrected chi connectivity index (χ4v) is 3.71. The first-order chi connectivity index (χ1) is 16.7. The topological polar surface area (TPSA) is 119 Å². The Kier molecular flexibility index (Phi) is 6.81.